The van der Waals surface area contributed by atoms with E-state index >= 15 is 0 Å². The van der Waals surface area contributed by atoms with Gasteiger partial charge in [0, 0.05) is 12.4 Å². The van der Waals surface area contributed by atoms with Gasteiger partial charge in [0.2, 0.25) is 0 Å². The number of anilines is 1. The molecular weight excluding hydrogens is 365 g/mol. The highest BCUT2D eigenvalue weighted by Crippen LogP contribution is 2.51. The number of aryl methyl sites for hydroxylation is 1. The van der Waals surface area contributed by atoms with E-state index in [-0.39, 0.29) is 23.8 Å². The number of fused-ring (bicyclic) bond motifs is 2. The van der Waals surface area contributed by atoms with Crippen molar-refractivity contribution in [3.63, 3.8) is 0 Å². The van der Waals surface area contributed by atoms with Crippen molar-refractivity contribution in [3.05, 3.63) is 64.4 Å². The van der Waals surface area contributed by atoms with Gasteiger partial charge >= 0.3 is 7.52 Å². The Kier molecular flexibility index (Phi) is 4.13. The monoisotopic (exact) mass is 383 g/mol. The third-order valence-corrected chi connectivity index (χ3v) is 6.58. The van der Waals surface area contributed by atoms with E-state index in [1.54, 1.807) is 62.5 Å². The molecule has 3 aromatic rings. The Morgan fingerprint density at radius 2 is 1.89 bits per heavy atom. The Balaban J connectivity index is 2.01. The summed E-state index contributed by atoms with van der Waals surface area (Å²) < 4.78 is 24.5. The molecule has 138 valence electrons. The second-order valence-corrected chi connectivity index (χ2v) is 8.11. The molecular formula is C19H18N3O4P. The van der Waals surface area contributed by atoms with Crippen molar-refractivity contribution >= 4 is 35.3 Å². The molecule has 0 saturated heterocycles. The molecule has 8 heteroatoms. The van der Waals surface area contributed by atoms with Crippen LogP contribution >= 0.6 is 7.52 Å². The quantitative estimate of drug-likeness (QED) is 0.679. The third kappa shape index (κ3) is 2.67. The Morgan fingerprint density at radius 3 is 2.67 bits per heavy atom. The maximum Gasteiger partial charge on any atom is 0.348 e. The number of benzene rings is 2. The minimum Gasteiger partial charge on any atom is -0.506 e. The molecule has 1 unspecified atom stereocenters. The predicted molar refractivity (Wildman–Crippen MR) is 106 cm³/mol. The molecule has 0 fully saturated rings. The molecule has 1 atom stereocenters. The Hall–Kier alpha value is -2.89. The van der Waals surface area contributed by atoms with Crippen LogP contribution in [0.4, 0.5) is 5.69 Å². The number of hydrogen-bond donors (Lipinski definition) is 2. The molecule has 0 saturated carbocycles. The number of rotatable bonds is 3. The summed E-state index contributed by atoms with van der Waals surface area (Å²) >= 11 is 0. The maximum atomic E-state index is 13.4. The van der Waals surface area contributed by atoms with Gasteiger partial charge in [-0.2, -0.15) is 4.76 Å². The maximum absolute atomic E-state index is 13.4. The Labute approximate surface area is 155 Å². The molecule has 4 rings (SSSR count). The molecule has 0 bridgehead atoms. The van der Waals surface area contributed by atoms with Gasteiger partial charge in [-0.15, -0.1) is 0 Å². The SMILES string of the molecule is CCOP1(=O)N=C(c2c(O)c3ccccc3n(C)c2=O)Nc2ccccc21. The molecule has 27 heavy (non-hydrogen) atoms. The van der Waals surface area contributed by atoms with Crippen LogP contribution in [0.25, 0.3) is 10.9 Å². The smallest absolute Gasteiger partial charge is 0.348 e. The average Bonchev–Trinajstić information content (AvgIpc) is 2.67. The van der Waals surface area contributed by atoms with Crippen LogP contribution in [0.3, 0.4) is 0 Å². The molecule has 0 amide bonds. The van der Waals surface area contributed by atoms with Crippen LogP contribution in [-0.2, 0) is 16.1 Å². The summed E-state index contributed by atoms with van der Waals surface area (Å²) in [4.78, 5) is 12.9. The van der Waals surface area contributed by atoms with Crippen LogP contribution < -0.4 is 16.2 Å². The fourth-order valence-corrected chi connectivity index (χ4v) is 5.02. The molecule has 1 aromatic heterocycles. The van der Waals surface area contributed by atoms with Gasteiger partial charge in [0.15, 0.2) is 5.84 Å². The van der Waals surface area contributed by atoms with Crippen molar-refractivity contribution < 1.29 is 14.2 Å². The number of aromatic nitrogens is 1. The van der Waals surface area contributed by atoms with E-state index in [2.05, 4.69) is 10.1 Å². The first-order valence-electron chi connectivity index (χ1n) is 8.49. The molecule has 2 aromatic carbocycles. The van der Waals surface area contributed by atoms with Crippen molar-refractivity contribution in [3.8, 4) is 5.75 Å². The molecule has 2 N–H and O–H groups in total. The summed E-state index contributed by atoms with van der Waals surface area (Å²) in [5.41, 5.74) is 0.646. The second-order valence-electron chi connectivity index (χ2n) is 6.13. The van der Waals surface area contributed by atoms with E-state index in [4.69, 9.17) is 4.52 Å². The van der Waals surface area contributed by atoms with Crippen molar-refractivity contribution in [1.29, 1.82) is 0 Å². The van der Waals surface area contributed by atoms with E-state index in [0.29, 0.717) is 21.9 Å². The normalized spacial score (nSPS) is 18.7. The molecule has 0 spiro atoms. The zero-order valence-corrected chi connectivity index (χ0v) is 15.7. The van der Waals surface area contributed by atoms with Gasteiger partial charge < -0.3 is 19.5 Å². The molecule has 1 aliphatic heterocycles. The van der Waals surface area contributed by atoms with Gasteiger partial charge in [-0.1, -0.05) is 24.3 Å². The van der Waals surface area contributed by atoms with Crippen LogP contribution in [0, 0.1) is 0 Å². The fourth-order valence-electron chi connectivity index (χ4n) is 3.24. The average molecular weight is 383 g/mol. The van der Waals surface area contributed by atoms with Gasteiger partial charge in [0.25, 0.3) is 5.56 Å². The predicted octanol–water partition coefficient (Wildman–Crippen LogP) is 2.97. The highest BCUT2D eigenvalue weighted by atomic mass is 31.2. The lowest BCUT2D eigenvalue weighted by molar-refractivity contribution is 0.341. The summed E-state index contributed by atoms with van der Waals surface area (Å²) in [6, 6.07) is 14.0. The lowest BCUT2D eigenvalue weighted by Crippen LogP contribution is -2.32. The van der Waals surface area contributed by atoms with Crippen LogP contribution in [0.5, 0.6) is 5.75 Å². The van der Waals surface area contributed by atoms with Gasteiger partial charge in [-0.25, -0.2) is 0 Å². The highest BCUT2D eigenvalue weighted by molar-refractivity contribution is 7.66. The van der Waals surface area contributed by atoms with E-state index in [9.17, 15) is 14.5 Å². The summed E-state index contributed by atoms with van der Waals surface area (Å²) in [6.45, 7) is 1.93. The molecule has 0 aliphatic carbocycles. The van der Waals surface area contributed by atoms with Gasteiger partial charge in [0.05, 0.1) is 23.1 Å². The molecule has 7 nitrogen and oxygen atoms in total. The molecule has 2 heterocycles. The highest BCUT2D eigenvalue weighted by Gasteiger charge is 2.35. The van der Waals surface area contributed by atoms with Gasteiger partial charge in [-0.3, -0.25) is 9.36 Å². The summed E-state index contributed by atoms with van der Waals surface area (Å²) in [6.07, 6.45) is 0. The van der Waals surface area contributed by atoms with Crippen molar-refractivity contribution in [2.24, 2.45) is 11.8 Å². The number of pyridine rings is 1. The second kappa shape index (κ2) is 6.37. The minimum absolute atomic E-state index is 0.0364. The summed E-state index contributed by atoms with van der Waals surface area (Å²) in [5, 5.41) is 14.8. The summed E-state index contributed by atoms with van der Waals surface area (Å²) in [7, 11) is -1.96. The van der Waals surface area contributed by atoms with E-state index in [0.717, 1.165) is 0 Å². The topological polar surface area (TPSA) is 92.9 Å². The van der Waals surface area contributed by atoms with Crippen LogP contribution in [0.1, 0.15) is 12.5 Å². The molecule has 0 radical (unpaired) electrons. The standard InChI is InChI=1S/C19H18N3O4P/c1-3-26-27(25)15-11-7-5-9-13(15)20-18(21-27)16-17(23)12-8-4-6-10-14(12)22(2)19(16)24/h4-11,23H,3H2,1-2H3,(H,20,21,25). The van der Waals surface area contributed by atoms with Crippen molar-refractivity contribution in [2.75, 3.05) is 11.9 Å². The Morgan fingerprint density at radius 1 is 1.19 bits per heavy atom. The minimum atomic E-state index is -3.57. The molecule has 1 aliphatic rings. The number of amidine groups is 1. The van der Waals surface area contributed by atoms with Crippen LogP contribution in [0.15, 0.2) is 58.1 Å². The van der Waals surface area contributed by atoms with E-state index in [1.165, 1.54) is 4.57 Å². The Bertz CT molecular complexity index is 1200. The lowest BCUT2D eigenvalue weighted by Gasteiger charge is -2.25. The third-order valence-electron chi connectivity index (χ3n) is 4.51. The first kappa shape index (κ1) is 17.5. The first-order valence-corrected chi connectivity index (χ1v) is 10.1. The number of aromatic hydroxyl groups is 1. The van der Waals surface area contributed by atoms with Gasteiger partial charge in [0.1, 0.15) is 11.3 Å². The van der Waals surface area contributed by atoms with Crippen molar-refractivity contribution in [2.45, 2.75) is 6.92 Å². The van der Waals surface area contributed by atoms with Crippen LogP contribution in [-0.4, -0.2) is 22.1 Å². The number of hydrogen-bond acceptors (Lipinski definition) is 5. The number of nitrogens with one attached hydrogen (secondary N) is 1. The zero-order valence-electron chi connectivity index (χ0n) is 14.8. The lowest BCUT2D eigenvalue weighted by atomic mass is 10.1. The first-order chi connectivity index (χ1) is 13.0. The fraction of sp³-hybridized carbons (Fsp3) is 0.158. The van der Waals surface area contributed by atoms with E-state index in [1.807, 2.05) is 0 Å². The van der Waals surface area contributed by atoms with E-state index < -0.39 is 13.1 Å². The zero-order chi connectivity index (χ0) is 19.2. The summed E-state index contributed by atoms with van der Waals surface area (Å²) in [5.74, 6) is -0.170. The number of para-hydroxylation sites is 2. The van der Waals surface area contributed by atoms with Crippen LogP contribution in [0.2, 0.25) is 0 Å². The van der Waals surface area contributed by atoms with Gasteiger partial charge in [-0.05, 0) is 31.2 Å². The van der Waals surface area contributed by atoms with Crippen molar-refractivity contribution in [1.82, 2.24) is 4.57 Å². The number of nitrogens with zero attached hydrogens (tertiary/aromatic N) is 2. The largest absolute Gasteiger partial charge is 0.506 e.